The first-order valence-electron chi connectivity index (χ1n) is 5.48. The quantitative estimate of drug-likeness (QED) is 0.519. The van der Waals surface area contributed by atoms with Crippen LogP contribution in [0.3, 0.4) is 0 Å². The van der Waals surface area contributed by atoms with Gasteiger partial charge in [0.05, 0.1) is 31.8 Å². The van der Waals surface area contributed by atoms with Crippen molar-refractivity contribution in [1.29, 1.82) is 0 Å². The fourth-order valence-corrected chi connectivity index (χ4v) is 1.51. The third kappa shape index (κ3) is 5.41. The summed E-state index contributed by atoms with van der Waals surface area (Å²) in [5.74, 6) is -0.108. The van der Waals surface area contributed by atoms with Crippen molar-refractivity contribution < 1.29 is 19.4 Å². The monoisotopic (exact) mass is 232 g/mol. The van der Waals surface area contributed by atoms with E-state index in [2.05, 4.69) is 10.6 Å². The Kier molecular flexibility index (Phi) is 6.32. The lowest BCUT2D eigenvalue weighted by atomic mass is 10.2. The first kappa shape index (κ1) is 13.4. The van der Waals surface area contributed by atoms with Gasteiger partial charge in [0.15, 0.2) is 0 Å². The van der Waals surface area contributed by atoms with Crippen molar-refractivity contribution in [2.24, 2.45) is 0 Å². The molecule has 0 aromatic rings. The molecule has 1 amide bonds. The second-order valence-corrected chi connectivity index (χ2v) is 3.81. The molecule has 6 heteroatoms. The Morgan fingerprint density at radius 1 is 1.75 bits per heavy atom. The molecule has 6 nitrogen and oxygen atoms in total. The number of hydrogen-bond acceptors (Lipinski definition) is 5. The molecule has 16 heavy (non-hydrogen) atoms. The lowest BCUT2D eigenvalue weighted by molar-refractivity contribution is -0.125. The minimum absolute atomic E-state index is 0.0617. The van der Waals surface area contributed by atoms with Crippen molar-refractivity contribution in [2.45, 2.75) is 18.6 Å². The van der Waals surface area contributed by atoms with E-state index < -0.39 is 6.10 Å². The van der Waals surface area contributed by atoms with E-state index in [1.165, 1.54) is 7.11 Å². The van der Waals surface area contributed by atoms with Crippen LogP contribution >= 0.6 is 0 Å². The molecule has 1 fully saturated rings. The van der Waals surface area contributed by atoms with Gasteiger partial charge in [-0.2, -0.15) is 0 Å². The number of aliphatic hydroxyl groups excluding tert-OH is 1. The molecule has 2 atom stereocenters. The highest BCUT2D eigenvalue weighted by Gasteiger charge is 2.17. The molecular weight excluding hydrogens is 212 g/mol. The Balaban J connectivity index is 2.10. The Labute approximate surface area is 95.3 Å². The van der Waals surface area contributed by atoms with Gasteiger partial charge in [-0.1, -0.05) is 0 Å². The van der Waals surface area contributed by atoms with E-state index in [1.807, 2.05) is 0 Å². The topological polar surface area (TPSA) is 79.8 Å². The van der Waals surface area contributed by atoms with E-state index in [0.29, 0.717) is 19.6 Å². The van der Waals surface area contributed by atoms with Gasteiger partial charge in [-0.15, -0.1) is 0 Å². The van der Waals surface area contributed by atoms with Gasteiger partial charge in [0.1, 0.15) is 0 Å². The maximum absolute atomic E-state index is 11.4. The molecule has 0 bridgehead atoms. The second kappa shape index (κ2) is 7.56. The van der Waals surface area contributed by atoms with Gasteiger partial charge in [0, 0.05) is 26.7 Å². The van der Waals surface area contributed by atoms with Crippen LogP contribution in [0.1, 0.15) is 6.42 Å². The summed E-state index contributed by atoms with van der Waals surface area (Å²) in [6.45, 7) is 2.62. The van der Waals surface area contributed by atoms with E-state index in [4.69, 9.17) is 9.47 Å². The minimum Gasteiger partial charge on any atom is -0.389 e. The maximum atomic E-state index is 11.4. The normalized spacial score (nSPS) is 22.8. The molecule has 3 N–H and O–H groups in total. The molecule has 1 heterocycles. The van der Waals surface area contributed by atoms with Crippen molar-refractivity contribution in [3.63, 3.8) is 0 Å². The van der Waals surface area contributed by atoms with Crippen molar-refractivity contribution in [1.82, 2.24) is 10.6 Å². The maximum Gasteiger partial charge on any atom is 0.222 e. The summed E-state index contributed by atoms with van der Waals surface area (Å²) < 4.78 is 10.1. The van der Waals surface area contributed by atoms with Gasteiger partial charge in [0.2, 0.25) is 5.91 Å². The van der Waals surface area contributed by atoms with Gasteiger partial charge in [0.25, 0.3) is 0 Å². The van der Waals surface area contributed by atoms with Crippen molar-refractivity contribution >= 4 is 5.91 Å². The van der Waals surface area contributed by atoms with Gasteiger partial charge in [-0.05, 0) is 0 Å². The third-order valence-corrected chi connectivity index (χ3v) is 2.31. The average Bonchev–Trinajstić information content (AvgIpc) is 2.28. The first-order chi connectivity index (χ1) is 7.72. The smallest absolute Gasteiger partial charge is 0.222 e. The van der Waals surface area contributed by atoms with E-state index >= 15 is 0 Å². The van der Waals surface area contributed by atoms with E-state index in [0.717, 1.165) is 6.54 Å². The van der Waals surface area contributed by atoms with Gasteiger partial charge in [-0.3, -0.25) is 4.79 Å². The number of hydrogen-bond donors (Lipinski definition) is 3. The predicted molar refractivity (Wildman–Crippen MR) is 58.1 cm³/mol. The molecule has 1 rings (SSSR count). The molecule has 0 aromatic heterocycles. The summed E-state index contributed by atoms with van der Waals surface area (Å²) in [6, 6.07) is 0. The number of amides is 1. The zero-order valence-corrected chi connectivity index (χ0v) is 9.57. The molecule has 1 aliphatic heterocycles. The summed E-state index contributed by atoms with van der Waals surface area (Å²) >= 11 is 0. The number of morpholine rings is 1. The Hall–Kier alpha value is -0.690. The fraction of sp³-hybridized carbons (Fsp3) is 0.900. The molecular formula is C10H20N2O4. The highest BCUT2D eigenvalue weighted by atomic mass is 16.5. The van der Waals surface area contributed by atoms with Gasteiger partial charge < -0.3 is 25.2 Å². The number of ether oxygens (including phenoxy) is 2. The Morgan fingerprint density at radius 2 is 2.56 bits per heavy atom. The lowest BCUT2D eigenvalue weighted by Gasteiger charge is -2.23. The highest BCUT2D eigenvalue weighted by Crippen LogP contribution is 2.00. The summed E-state index contributed by atoms with van der Waals surface area (Å²) in [5.41, 5.74) is 0. The summed E-state index contributed by atoms with van der Waals surface area (Å²) in [4.78, 5) is 11.4. The van der Waals surface area contributed by atoms with Crippen LogP contribution in [0.4, 0.5) is 0 Å². The molecule has 1 aliphatic rings. The predicted octanol–water partition coefficient (Wildman–Crippen LogP) is -1.51. The highest BCUT2D eigenvalue weighted by molar-refractivity contribution is 5.76. The molecule has 94 valence electrons. The number of methoxy groups -OCH3 is 1. The van der Waals surface area contributed by atoms with Crippen LogP contribution in [0.5, 0.6) is 0 Å². The van der Waals surface area contributed by atoms with E-state index in [9.17, 15) is 9.90 Å². The number of rotatable bonds is 6. The summed E-state index contributed by atoms with van der Waals surface area (Å²) in [7, 11) is 1.51. The SMILES string of the molecule is COCC(O)CNC(=O)CC1CNCCO1. The van der Waals surface area contributed by atoms with Gasteiger partial charge in [-0.25, -0.2) is 0 Å². The largest absolute Gasteiger partial charge is 0.389 e. The first-order valence-corrected chi connectivity index (χ1v) is 5.48. The zero-order chi connectivity index (χ0) is 11.8. The fourth-order valence-electron chi connectivity index (χ4n) is 1.51. The zero-order valence-electron chi connectivity index (χ0n) is 9.57. The molecule has 0 aromatic carbocycles. The van der Waals surface area contributed by atoms with Crippen LogP contribution in [0, 0.1) is 0 Å². The Bertz CT molecular complexity index is 207. The Morgan fingerprint density at radius 3 is 3.19 bits per heavy atom. The molecule has 2 unspecified atom stereocenters. The second-order valence-electron chi connectivity index (χ2n) is 3.81. The molecule has 1 saturated heterocycles. The van der Waals surface area contributed by atoms with Crippen LogP contribution in [-0.2, 0) is 14.3 Å². The summed E-state index contributed by atoms with van der Waals surface area (Å²) in [6.07, 6.45) is -0.389. The lowest BCUT2D eigenvalue weighted by Crippen LogP contribution is -2.42. The summed E-state index contributed by atoms with van der Waals surface area (Å²) in [5, 5.41) is 15.1. The molecule has 0 spiro atoms. The van der Waals surface area contributed by atoms with Gasteiger partial charge >= 0.3 is 0 Å². The van der Waals surface area contributed by atoms with E-state index in [-0.39, 0.29) is 25.2 Å². The van der Waals surface area contributed by atoms with E-state index in [1.54, 1.807) is 0 Å². The number of nitrogens with one attached hydrogen (secondary N) is 2. The van der Waals surface area contributed by atoms with Crippen molar-refractivity contribution in [3.8, 4) is 0 Å². The van der Waals surface area contributed by atoms with Crippen LogP contribution in [0.2, 0.25) is 0 Å². The van der Waals surface area contributed by atoms with Crippen molar-refractivity contribution in [2.75, 3.05) is 40.0 Å². The van der Waals surface area contributed by atoms with Crippen molar-refractivity contribution in [3.05, 3.63) is 0 Å². The van der Waals surface area contributed by atoms with Crippen LogP contribution in [0.15, 0.2) is 0 Å². The minimum atomic E-state index is -0.653. The number of carbonyl (C=O) groups is 1. The molecule has 0 saturated carbocycles. The average molecular weight is 232 g/mol. The molecule has 0 radical (unpaired) electrons. The van der Waals surface area contributed by atoms with Crippen LogP contribution in [0.25, 0.3) is 0 Å². The number of aliphatic hydroxyl groups is 1. The molecule has 0 aliphatic carbocycles. The standard InChI is InChI=1S/C10H20N2O4/c1-15-7-8(13)5-12-10(14)4-9-6-11-2-3-16-9/h8-9,11,13H,2-7H2,1H3,(H,12,14). The third-order valence-electron chi connectivity index (χ3n) is 2.31. The van der Waals surface area contributed by atoms with Crippen LogP contribution in [-0.4, -0.2) is 63.2 Å². The van der Waals surface area contributed by atoms with Crippen LogP contribution < -0.4 is 10.6 Å². The number of carbonyl (C=O) groups excluding carboxylic acids is 1.